The third-order valence-electron chi connectivity index (χ3n) is 5.50. The SMILES string of the molecule is COc1ccc([C@@H]2C[C@@H](C(=O)NCc3cccc(F)c3)CN(C(C)=O)C2)cc1OC. The molecule has 3 rings (SSSR count). The minimum absolute atomic E-state index is 0.00706. The number of likely N-dealkylation sites (tertiary alicyclic amines) is 1. The second kappa shape index (κ2) is 9.61. The van der Waals surface area contributed by atoms with Crippen LogP contribution in [0.25, 0.3) is 0 Å². The fourth-order valence-electron chi connectivity index (χ4n) is 3.87. The number of halogens is 1. The topological polar surface area (TPSA) is 67.9 Å². The normalized spacial score (nSPS) is 18.6. The van der Waals surface area contributed by atoms with E-state index in [-0.39, 0.29) is 36.0 Å². The van der Waals surface area contributed by atoms with E-state index in [2.05, 4.69) is 5.32 Å². The Labute approximate surface area is 176 Å². The average Bonchev–Trinajstić information content (AvgIpc) is 2.76. The van der Waals surface area contributed by atoms with E-state index in [4.69, 9.17) is 9.47 Å². The van der Waals surface area contributed by atoms with Crippen molar-refractivity contribution < 1.29 is 23.5 Å². The Bertz CT molecular complexity index is 918. The zero-order valence-corrected chi connectivity index (χ0v) is 17.5. The molecule has 6 nitrogen and oxygen atoms in total. The molecule has 30 heavy (non-hydrogen) atoms. The third kappa shape index (κ3) is 5.09. The van der Waals surface area contributed by atoms with Gasteiger partial charge in [0.2, 0.25) is 11.8 Å². The molecule has 0 bridgehead atoms. The molecule has 0 aliphatic carbocycles. The maximum absolute atomic E-state index is 13.4. The Balaban J connectivity index is 1.75. The van der Waals surface area contributed by atoms with Crippen LogP contribution in [0.2, 0.25) is 0 Å². The molecule has 1 heterocycles. The Morgan fingerprint density at radius 1 is 1.10 bits per heavy atom. The van der Waals surface area contributed by atoms with Gasteiger partial charge < -0.3 is 19.7 Å². The van der Waals surface area contributed by atoms with Crippen LogP contribution in [0.15, 0.2) is 42.5 Å². The van der Waals surface area contributed by atoms with Crippen LogP contribution in [0.4, 0.5) is 4.39 Å². The lowest BCUT2D eigenvalue weighted by Gasteiger charge is -2.37. The number of hydrogen-bond donors (Lipinski definition) is 1. The van der Waals surface area contributed by atoms with Gasteiger partial charge in [-0.2, -0.15) is 0 Å². The van der Waals surface area contributed by atoms with Gasteiger partial charge in [-0.15, -0.1) is 0 Å². The lowest BCUT2D eigenvalue weighted by atomic mass is 9.83. The van der Waals surface area contributed by atoms with Crippen molar-refractivity contribution in [2.75, 3.05) is 27.3 Å². The van der Waals surface area contributed by atoms with Gasteiger partial charge in [0.05, 0.1) is 20.1 Å². The van der Waals surface area contributed by atoms with E-state index in [1.807, 2.05) is 18.2 Å². The molecule has 1 N–H and O–H groups in total. The minimum Gasteiger partial charge on any atom is -0.493 e. The molecule has 2 amide bonds. The van der Waals surface area contributed by atoms with Crippen LogP contribution in [0, 0.1) is 11.7 Å². The van der Waals surface area contributed by atoms with Gasteiger partial charge in [0, 0.05) is 32.5 Å². The molecule has 2 aromatic carbocycles. The first-order valence-electron chi connectivity index (χ1n) is 9.90. The summed E-state index contributed by atoms with van der Waals surface area (Å²) >= 11 is 0. The first-order valence-corrected chi connectivity index (χ1v) is 9.90. The highest BCUT2D eigenvalue weighted by molar-refractivity contribution is 5.81. The zero-order chi connectivity index (χ0) is 21.7. The first kappa shape index (κ1) is 21.6. The molecule has 0 radical (unpaired) electrons. The summed E-state index contributed by atoms with van der Waals surface area (Å²) in [4.78, 5) is 26.6. The second-order valence-corrected chi connectivity index (χ2v) is 7.52. The smallest absolute Gasteiger partial charge is 0.225 e. The summed E-state index contributed by atoms with van der Waals surface area (Å²) in [5.74, 6) is 0.336. The van der Waals surface area contributed by atoms with Crippen molar-refractivity contribution in [1.82, 2.24) is 10.2 Å². The number of ether oxygens (including phenoxy) is 2. The minimum atomic E-state index is -0.352. The van der Waals surface area contributed by atoms with Crippen LogP contribution >= 0.6 is 0 Å². The summed E-state index contributed by atoms with van der Waals surface area (Å²) in [7, 11) is 3.15. The number of nitrogens with one attached hydrogen (secondary N) is 1. The fourth-order valence-corrected chi connectivity index (χ4v) is 3.87. The summed E-state index contributed by atoms with van der Waals surface area (Å²) in [5, 5.41) is 2.88. The number of carbonyl (C=O) groups excluding carboxylic acids is 2. The number of carbonyl (C=O) groups is 2. The number of methoxy groups -OCH3 is 2. The maximum Gasteiger partial charge on any atom is 0.225 e. The van der Waals surface area contributed by atoms with E-state index in [0.717, 1.165) is 5.56 Å². The highest BCUT2D eigenvalue weighted by Gasteiger charge is 2.33. The van der Waals surface area contributed by atoms with E-state index >= 15 is 0 Å². The molecule has 2 aromatic rings. The van der Waals surface area contributed by atoms with Crippen LogP contribution < -0.4 is 14.8 Å². The molecule has 1 fully saturated rings. The number of nitrogens with zero attached hydrogens (tertiary/aromatic N) is 1. The van der Waals surface area contributed by atoms with Gasteiger partial charge in [0.15, 0.2) is 11.5 Å². The molecule has 1 saturated heterocycles. The summed E-state index contributed by atoms with van der Waals surface area (Å²) in [6, 6.07) is 11.8. The van der Waals surface area contributed by atoms with Crippen LogP contribution in [0.5, 0.6) is 11.5 Å². The Hall–Kier alpha value is -3.09. The first-order chi connectivity index (χ1) is 14.4. The highest BCUT2D eigenvalue weighted by Crippen LogP contribution is 2.35. The van der Waals surface area contributed by atoms with Gasteiger partial charge in [0.1, 0.15) is 5.82 Å². The predicted octanol–water partition coefficient (Wildman–Crippen LogP) is 3.11. The summed E-state index contributed by atoms with van der Waals surface area (Å²) in [6.45, 7) is 2.67. The van der Waals surface area contributed by atoms with Crippen LogP contribution in [-0.2, 0) is 16.1 Å². The number of rotatable bonds is 6. The molecule has 1 aliphatic rings. The molecule has 2 atom stereocenters. The van der Waals surface area contributed by atoms with E-state index in [1.54, 1.807) is 31.3 Å². The molecular weight excluding hydrogens is 387 g/mol. The van der Waals surface area contributed by atoms with Gasteiger partial charge in [-0.05, 0) is 41.8 Å². The van der Waals surface area contributed by atoms with Crippen molar-refractivity contribution >= 4 is 11.8 Å². The molecule has 0 aromatic heterocycles. The summed E-state index contributed by atoms with van der Waals surface area (Å²) in [5.41, 5.74) is 1.68. The van der Waals surface area contributed by atoms with E-state index in [0.29, 0.717) is 36.6 Å². The molecule has 0 spiro atoms. The van der Waals surface area contributed by atoms with Crippen LogP contribution in [-0.4, -0.2) is 44.0 Å². The van der Waals surface area contributed by atoms with E-state index < -0.39 is 0 Å². The summed E-state index contributed by atoms with van der Waals surface area (Å²) < 4.78 is 24.1. The third-order valence-corrected chi connectivity index (χ3v) is 5.50. The van der Waals surface area contributed by atoms with Crippen molar-refractivity contribution in [3.8, 4) is 11.5 Å². The number of amides is 2. The van der Waals surface area contributed by atoms with Crippen molar-refractivity contribution in [2.45, 2.75) is 25.8 Å². The standard InChI is InChI=1S/C23H27FN2O4/c1-15(27)26-13-18(17-7-8-21(29-2)22(11-17)30-3)10-19(14-26)23(28)25-12-16-5-4-6-20(24)9-16/h4-9,11,18-19H,10,12-14H2,1-3H3,(H,25,28)/t18-,19-/m1/s1. The lowest BCUT2D eigenvalue weighted by molar-refractivity contribution is -0.134. The van der Waals surface area contributed by atoms with Crippen molar-refractivity contribution in [3.63, 3.8) is 0 Å². The molecule has 160 valence electrons. The van der Waals surface area contributed by atoms with Crippen molar-refractivity contribution in [3.05, 3.63) is 59.4 Å². The second-order valence-electron chi connectivity index (χ2n) is 7.52. The van der Waals surface area contributed by atoms with Crippen LogP contribution in [0.3, 0.4) is 0 Å². The fraction of sp³-hybridized carbons (Fsp3) is 0.391. The van der Waals surface area contributed by atoms with Crippen LogP contribution in [0.1, 0.15) is 30.4 Å². The lowest BCUT2D eigenvalue weighted by Crippen LogP contribution is -2.47. The zero-order valence-electron chi connectivity index (χ0n) is 17.5. The number of benzene rings is 2. The highest BCUT2D eigenvalue weighted by atomic mass is 19.1. The summed E-state index contributed by atoms with van der Waals surface area (Å²) in [6.07, 6.45) is 0.605. The number of piperidine rings is 1. The Morgan fingerprint density at radius 3 is 2.53 bits per heavy atom. The average molecular weight is 414 g/mol. The Kier molecular flexibility index (Phi) is 6.92. The maximum atomic E-state index is 13.4. The monoisotopic (exact) mass is 414 g/mol. The van der Waals surface area contributed by atoms with Crippen molar-refractivity contribution in [2.24, 2.45) is 5.92 Å². The molecule has 7 heteroatoms. The van der Waals surface area contributed by atoms with Crippen molar-refractivity contribution in [1.29, 1.82) is 0 Å². The van der Waals surface area contributed by atoms with E-state index in [9.17, 15) is 14.0 Å². The largest absolute Gasteiger partial charge is 0.493 e. The molecule has 0 unspecified atom stereocenters. The quantitative estimate of drug-likeness (QED) is 0.789. The molecular formula is C23H27FN2O4. The molecule has 1 aliphatic heterocycles. The van der Waals surface area contributed by atoms with Gasteiger partial charge in [-0.1, -0.05) is 18.2 Å². The predicted molar refractivity (Wildman–Crippen MR) is 111 cm³/mol. The molecule has 0 saturated carbocycles. The Morgan fingerprint density at radius 2 is 1.87 bits per heavy atom. The van der Waals surface area contributed by atoms with E-state index in [1.165, 1.54) is 19.1 Å². The van der Waals surface area contributed by atoms with Gasteiger partial charge in [0.25, 0.3) is 0 Å². The van der Waals surface area contributed by atoms with Gasteiger partial charge in [-0.3, -0.25) is 9.59 Å². The van der Waals surface area contributed by atoms with Gasteiger partial charge >= 0.3 is 0 Å². The number of hydrogen-bond acceptors (Lipinski definition) is 4. The van der Waals surface area contributed by atoms with Gasteiger partial charge in [-0.25, -0.2) is 4.39 Å².